The first kappa shape index (κ1) is 21.7. The largest absolute Gasteiger partial charge is 0.452 e. The van der Waals surface area contributed by atoms with Gasteiger partial charge in [-0.2, -0.15) is 4.31 Å². The molecule has 1 aliphatic heterocycles. The van der Waals surface area contributed by atoms with Gasteiger partial charge in [0, 0.05) is 31.6 Å². The molecule has 0 saturated carbocycles. The molecule has 10 heteroatoms. The molecular weight excluding hydrogens is 436 g/mol. The summed E-state index contributed by atoms with van der Waals surface area (Å²) in [5.41, 5.74) is -0.801. The monoisotopic (exact) mass is 456 g/mol. The number of rotatable bonds is 5. The number of sulfonamides is 1. The van der Waals surface area contributed by atoms with Crippen LogP contribution in [0.25, 0.3) is 11.0 Å². The molecule has 0 atom stereocenters. The number of amides is 1. The fourth-order valence-corrected chi connectivity index (χ4v) is 4.86. The maximum absolute atomic E-state index is 12.7. The van der Waals surface area contributed by atoms with Crippen molar-refractivity contribution in [3.63, 3.8) is 0 Å². The summed E-state index contributed by atoms with van der Waals surface area (Å²) in [5.74, 6) is -1.43. The van der Waals surface area contributed by atoms with Gasteiger partial charge >= 0.3 is 11.6 Å². The zero-order chi connectivity index (χ0) is 22.7. The van der Waals surface area contributed by atoms with Gasteiger partial charge in [-0.05, 0) is 24.3 Å². The zero-order valence-electron chi connectivity index (χ0n) is 17.0. The van der Waals surface area contributed by atoms with Crippen LogP contribution >= 0.6 is 0 Å². The topological polar surface area (TPSA) is 114 Å². The van der Waals surface area contributed by atoms with Gasteiger partial charge < -0.3 is 14.1 Å². The minimum Gasteiger partial charge on any atom is -0.452 e. The third-order valence-electron chi connectivity index (χ3n) is 5.16. The van der Waals surface area contributed by atoms with E-state index in [-0.39, 0.29) is 36.6 Å². The van der Waals surface area contributed by atoms with E-state index in [1.54, 1.807) is 42.5 Å². The minimum absolute atomic E-state index is 0.130. The number of nitrogens with zero attached hydrogens (tertiary/aromatic N) is 2. The van der Waals surface area contributed by atoms with Gasteiger partial charge in [-0.1, -0.05) is 36.4 Å². The summed E-state index contributed by atoms with van der Waals surface area (Å²) < 4.78 is 36.8. The van der Waals surface area contributed by atoms with Crippen molar-refractivity contribution in [2.75, 3.05) is 32.8 Å². The average molecular weight is 456 g/mol. The molecular formula is C22H20N2O7S. The summed E-state index contributed by atoms with van der Waals surface area (Å²) in [6.45, 7) is 0.0357. The molecule has 166 valence electrons. The second-order valence-corrected chi connectivity index (χ2v) is 9.10. The summed E-state index contributed by atoms with van der Waals surface area (Å²) >= 11 is 0. The number of carbonyl (C=O) groups excluding carboxylic acids is 2. The van der Waals surface area contributed by atoms with Gasteiger partial charge in [0.05, 0.1) is 4.90 Å². The molecule has 3 aromatic rings. The van der Waals surface area contributed by atoms with Crippen LogP contribution in [-0.2, 0) is 19.6 Å². The predicted molar refractivity (Wildman–Crippen MR) is 115 cm³/mol. The predicted octanol–water partition coefficient (Wildman–Crippen LogP) is 1.48. The van der Waals surface area contributed by atoms with Crippen LogP contribution in [0.1, 0.15) is 10.4 Å². The van der Waals surface area contributed by atoms with Crippen LogP contribution in [-0.4, -0.2) is 62.3 Å². The molecule has 0 bridgehead atoms. The fourth-order valence-electron chi connectivity index (χ4n) is 3.42. The highest BCUT2D eigenvalue weighted by Gasteiger charge is 2.30. The lowest BCUT2D eigenvalue weighted by atomic mass is 10.2. The second kappa shape index (κ2) is 8.93. The molecule has 0 radical (unpaired) electrons. The highest BCUT2D eigenvalue weighted by molar-refractivity contribution is 7.89. The molecule has 1 amide bonds. The van der Waals surface area contributed by atoms with Crippen LogP contribution in [0.5, 0.6) is 0 Å². The minimum atomic E-state index is -3.63. The first-order chi connectivity index (χ1) is 15.4. The lowest BCUT2D eigenvalue weighted by Crippen LogP contribution is -2.51. The van der Waals surface area contributed by atoms with E-state index in [0.717, 1.165) is 0 Å². The molecule has 0 N–H and O–H groups in total. The van der Waals surface area contributed by atoms with E-state index in [1.807, 2.05) is 0 Å². The van der Waals surface area contributed by atoms with Crippen molar-refractivity contribution in [1.29, 1.82) is 0 Å². The lowest BCUT2D eigenvalue weighted by Gasteiger charge is -2.33. The van der Waals surface area contributed by atoms with Crippen molar-refractivity contribution in [3.05, 3.63) is 76.6 Å². The van der Waals surface area contributed by atoms with E-state index in [1.165, 1.54) is 27.4 Å². The van der Waals surface area contributed by atoms with Crippen LogP contribution < -0.4 is 5.63 Å². The van der Waals surface area contributed by atoms with Gasteiger partial charge in [-0.25, -0.2) is 18.0 Å². The summed E-state index contributed by atoms with van der Waals surface area (Å²) in [6.07, 6.45) is 0. The second-order valence-electron chi connectivity index (χ2n) is 7.16. The van der Waals surface area contributed by atoms with E-state index in [0.29, 0.717) is 11.0 Å². The van der Waals surface area contributed by atoms with Gasteiger partial charge in [-0.3, -0.25) is 4.79 Å². The Bertz CT molecular complexity index is 1310. The van der Waals surface area contributed by atoms with Crippen molar-refractivity contribution < 1.29 is 27.2 Å². The number of ether oxygens (including phenoxy) is 1. The van der Waals surface area contributed by atoms with Crippen molar-refractivity contribution in [2.45, 2.75) is 4.90 Å². The summed E-state index contributed by atoms with van der Waals surface area (Å²) in [5, 5.41) is 0.557. The smallest absolute Gasteiger partial charge is 0.351 e. The number of fused-ring (bicyclic) bond motifs is 1. The number of esters is 1. The summed E-state index contributed by atoms with van der Waals surface area (Å²) in [4.78, 5) is 38.4. The Morgan fingerprint density at radius 3 is 2.31 bits per heavy atom. The third-order valence-corrected chi connectivity index (χ3v) is 7.07. The van der Waals surface area contributed by atoms with Crippen LogP contribution in [0.15, 0.2) is 74.8 Å². The Morgan fingerprint density at radius 1 is 0.938 bits per heavy atom. The fraction of sp³-hybridized carbons (Fsp3) is 0.227. The lowest BCUT2D eigenvalue weighted by molar-refractivity contribution is -0.135. The molecule has 4 rings (SSSR count). The quantitative estimate of drug-likeness (QED) is 0.422. The maximum atomic E-state index is 12.7. The Balaban J connectivity index is 1.34. The molecule has 1 fully saturated rings. The summed E-state index contributed by atoms with van der Waals surface area (Å²) in [6, 6.07) is 16.2. The molecule has 0 unspecified atom stereocenters. The van der Waals surface area contributed by atoms with E-state index >= 15 is 0 Å². The Morgan fingerprint density at radius 2 is 1.59 bits per heavy atom. The van der Waals surface area contributed by atoms with Crippen LogP contribution in [0.3, 0.4) is 0 Å². The molecule has 2 aromatic carbocycles. The highest BCUT2D eigenvalue weighted by Crippen LogP contribution is 2.17. The van der Waals surface area contributed by atoms with Crippen molar-refractivity contribution >= 4 is 32.9 Å². The van der Waals surface area contributed by atoms with Gasteiger partial charge in [-0.15, -0.1) is 0 Å². The standard InChI is InChI=1S/C22H20N2O7S/c25-20(15-30-21(26)18-14-16-6-4-5-9-19(16)31-22(18)27)23-10-12-24(13-11-23)32(28,29)17-7-2-1-3-8-17/h1-9,14H,10-13,15H2. The number of piperazine rings is 1. The number of benzene rings is 2. The molecule has 1 saturated heterocycles. The van der Waals surface area contributed by atoms with E-state index < -0.39 is 34.1 Å². The van der Waals surface area contributed by atoms with Gasteiger partial charge in [0.15, 0.2) is 6.61 Å². The van der Waals surface area contributed by atoms with E-state index in [4.69, 9.17) is 9.15 Å². The van der Waals surface area contributed by atoms with Crippen molar-refractivity contribution in [3.8, 4) is 0 Å². The molecule has 0 spiro atoms. The number of hydrogen-bond acceptors (Lipinski definition) is 7. The first-order valence-electron chi connectivity index (χ1n) is 9.89. The summed E-state index contributed by atoms with van der Waals surface area (Å²) in [7, 11) is -3.63. The Labute approximate surface area is 183 Å². The highest BCUT2D eigenvalue weighted by atomic mass is 32.2. The zero-order valence-corrected chi connectivity index (χ0v) is 17.8. The van der Waals surface area contributed by atoms with E-state index in [2.05, 4.69) is 0 Å². The molecule has 0 aliphatic carbocycles. The molecule has 1 aromatic heterocycles. The Hall–Kier alpha value is -3.50. The van der Waals surface area contributed by atoms with Crippen molar-refractivity contribution in [1.82, 2.24) is 9.21 Å². The average Bonchev–Trinajstić information content (AvgIpc) is 2.82. The molecule has 32 heavy (non-hydrogen) atoms. The number of carbonyl (C=O) groups is 2. The number of hydrogen-bond donors (Lipinski definition) is 0. The normalized spacial score (nSPS) is 14.9. The molecule has 1 aliphatic rings. The van der Waals surface area contributed by atoms with Gasteiger partial charge in [0.1, 0.15) is 11.1 Å². The number of para-hydroxylation sites is 1. The van der Waals surface area contributed by atoms with Crippen LogP contribution in [0.2, 0.25) is 0 Å². The first-order valence-corrected chi connectivity index (χ1v) is 11.3. The third kappa shape index (κ3) is 4.41. The Kier molecular flexibility index (Phi) is 6.06. The van der Waals surface area contributed by atoms with Crippen LogP contribution in [0, 0.1) is 0 Å². The van der Waals surface area contributed by atoms with Gasteiger partial charge in [0.25, 0.3) is 5.91 Å². The van der Waals surface area contributed by atoms with Crippen LogP contribution in [0.4, 0.5) is 0 Å². The molecule has 9 nitrogen and oxygen atoms in total. The van der Waals surface area contributed by atoms with Gasteiger partial charge in [0.2, 0.25) is 10.0 Å². The van der Waals surface area contributed by atoms with Crippen molar-refractivity contribution in [2.24, 2.45) is 0 Å². The molecule has 2 heterocycles. The van der Waals surface area contributed by atoms with E-state index in [9.17, 15) is 22.8 Å². The SMILES string of the molecule is O=C(OCC(=O)N1CCN(S(=O)(=O)c2ccccc2)CC1)c1cc2ccccc2oc1=O. The maximum Gasteiger partial charge on any atom is 0.351 e.